The summed E-state index contributed by atoms with van der Waals surface area (Å²) in [5, 5.41) is 6.64. The van der Waals surface area contributed by atoms with Crippen LogP contribution in [0.2, 0.25) is 0 Å². The van der Waals surface area contributed by atoms with Crippen LogP contribution < -0.4 is 10.6 Å². The SMILES string of the molecule is CN=C(NCCc1ccccc1)NCc1ccc(Br)s1.I. The maximum Gasteiger partial charge on any atom is 0.191 e. The number of guanidine groups is 1. The number of hydrogen-bond acceptors (Lipinski definition) is 2. The summed E-state index contributed by atoms with van der Waals surface area (Å²) in [7, 11) is 1.79. The second kappa shape index (κ2) is 10.2. The van der Waals surface area contributed by atoms with Crippen LogP contribution in [0.1, 0.15) is 10.4 Å². The molecular weight excluding hydrogens is 461 g/mol. The maximum absolute atomic E-state index is 4.23. The highest BCUT2D eigenvalue weighted by molar-refractivity contribution is 14.0. The Morgan fingerprint density at radius 1 is 1.14 bits per heavy atom. The standard InChI is InChI=1S/C15H18BrN3S.HI/c1-17-15(19-11-13-7-8-14(16)20-13)18-10-9-12-5-3-2-4-6-12;/h2-8H,9-11H2,1H3,(H2,17,18,19);1H. The van der Waals surface area contributed by atoms with Crippen LogP contribution in [0.4, 0.5) is 0 Å². The van der Waals surface area contributed by atoms with Crippen molar-refractivity contribution in [3.05, 3.63) is 56.7 Å². The molecule has 0 aliphatic rings. The number of halogens is 2. The third-order valence-corrected chi connectivity index (χ3v) is 4.46. The van der Waals surface area contributed by atoms with Crippen LogP contribution in [0.5, 0.6) is 0 Å². The Morgan fingerprint density at radius 2 is 1.90 bits per heavy atom. The lowest BCUT2D eigenvalue weighted by atomic mass is 10.1. The number of hydrogen-bond donors (Lipinski definition) is 2. The molecule has 0 unspecified atom stereocenters. The van der Waals surface area contributed by atoms with E-state index in [1.54, 1.807) is 18.4 Å². The summed E-state index contributed by atoms with van der Waals surface area (Å²) in [6.45, 7) is 1.67. The zero-order valence-corrected chi connectivity index (χ0v) is 16.5. The van der Waals surface area contributed by atoms with Gasteiger partial charge in [0.2, 0.25) is 0 Å². The second-order valence-electron chi connectivity index (χ2n) is 4.29. The number of nitrogens with zero attached hydrogens (tertiary/aromatic N) is 1. The van der Waals surface area contributed by atoms with Crippen molar-refractivity contribution >= 4 is 57.2 Å². The molecule has 0 aliphatic carbocycles. The number of benzene rings is 1. The lowest BCUT2D eigenvalue weighted by Gasteiger charge is -2.11. The fourth-order valence-corrected chi connectivity index (χ4v) is 3.23. The molecule has 1 aromatic carbocycles. The highest BCUT2D eigenvalue weighted by Crippen LogP contribution is 2.21. The molecule has 0 aliphatic heterocycles. The molecule has 3 nitrogen and oxygen atoms in total. The van der Waals surface area contributed by atoms with E-state index >= 15 is 0 Å². The van der Waals surface area contributed by atoms with Crippen molar-refractivity contribution in [1.29, 1.82) is 0 Å². The Bertz CT molecular complexity index is 557. The van der Waals surface area contributed by atoms with Gasteiger partial charge < -0.3 is 10.6 Å². The van der Waals surface area contributed by atoms with Gasteiger partial charge in [-0.3, -0.25) is 4.99 Å². The van der Waals surface area contributed by atoms with Crippen LogP contribution in [-0.2, 0) is 13.0 Å². The summed E-state index contributed by atoms with van der Waals surface area (Å²) in [5.74, 6) is 0.838. The fraction of sp³-hybridized carbons (Fsp3) is 0.267. The second-order valence-corrected chi connectivity index (χ2v) is 6.84. The summed E-state index contributed by atoms with van der Waals surface area (Å²) in [4.78, 5) is 5.51. The predicted molar refractivity (Wildman–Crippen MR) is 106 cm³/mol. The summed E-state index contributed by atoms with van der Waals surface area (Å²) in [6.07, 6.45) is 0.992. The molecule has 0 saturated carbocycles. The number of thiophene rings is 1. The van der Waals surface area contributed by atoms with Crippen LogP contribution in [0.25, 0.3) is 0 Å². The summed E-state index contributed by atoms with van der Waals surface area (Å²) >= 11 is 5.20. The minimum atomic E-state index is 0. The molecule has 0 atom stereocenters. The van der Waals surface area contributed by atoms with Crippen LogP contribution >= 0.6 is 51.2 Å². The van der Waals surface area contributed by atoms with Gasteiger partial charge in [-0.05, 0) is 40.0 Å². The summed E-state index contributed by atoms with van der Waals surface area (Å²) in [5.41, 5.74) is 1.33. The van der Waals surface area contributed by atoms with Gasteiger partial charge in [0.05, 0.1) is 10.3 Å². The molecule has 0 amide bonds. The molecule has 1 heterocycles. The van der Waals surface area contributed by atoms with Gasteiger partial charge in [-0.2, -0.15) is 0 Å². The third-order valence-electron chi connectivity index (χ3n) is 2.83. The van der Waals surface area contributed by atoms with Gasteiger partial charge in [0.15, 0.2) is 5.96 Å². The molecule has 2 rings (SSSR count). The molecule has 21 heavy (non-hydrogen) atoms. The van der Waals surface area contributed by atoms with Gasteiger partial charge in [0.1, 0.15) is 0 Å². The van der Waals surface area contributed by atoms with E-state index in [0.717, 1.165) is 29.3 Å². The van der Waals surface area contributed by atoms with Crippen molar-refractivity contribution in [2.75, 3.05) is 13.6 Å². The summed E-state index contributed by atoms with van der Waals surface area (Å²) in [6, 6.07) is 14.6. The lowest BCUT2D eigenvalue weighted by molar-refractivity contribution is 0.799. The number of aliphatic imine (C=N–C) groups is 1. The largest absolute Gasteiger partial charge is 0.356 e. The van der Waals surface area contributed by atoms with Crippen LogP contribution in [0.3, 0.4) is 0 Å². The molecule has 0 radical (unpaired) electrons. The van der Waals surface area contributed by atoms with Gasteiger partial charge in [0, 0.05) is 18.5 Å². The molecule has 0 saturated heterocycles. The molecule has 1 aromatic heterocycles. The van der Waals surface area contributed by atoms with E-state index in [4.69, 9.17) is 0 Å². The lowest BCUT2D eigenvalue weighted by Crippen LogP contribution is -2.37. The molecule has 0 bridgehead atoms. The van der Waals surface area contributed by atoms with Gasteiger partial charge in [-0.25, -0.2) is 0 Å². The van der Waals surface area contributed by atoms with E-state index in [2.05, 4.69) is 68.0 Å². The van der Waals surface area contributed by atoms with Crippen LogP contribution in [-0.4, -0.2) is 19.6 Å². The van der Waals surface area contributed by atoms with Crippen molar-refractivity contribution < 1.29 is 0 Å². The Labute approximate surface area is 155 Å². The molecule has 0 fully saturated rings. The normalized spacial score (nSPS) is 10.9. The monoisotopic (exact) mass is 479 g/mol. The minimum absolute atomic E-state index is 0. The molecular formula is C15H19BrIN3S. The van der Waals surface area contributed by atoms with E-state index in [-0.39, 0.29) is 24.0 Å². The Hall–Kier alpha value is -0.600. The van der Waals surface area contributed by atoms with E-state index in [1.807, 2.05) is 6.07 Å². The van der Waals surface area contributed by atoms with Crippen molar-refractivity contribution in [3.8, 4) is 0 Å². The van der Waals surface area contributed by atoms with Crippen molar-refractivity contribution in [2.24, 2.45) is 4.99 Å². The molecule has 2 N–H and O–H groups in total. The quantitative estimate of drug-likeness (QED) is 0.385. The van der Waals surface area contributed by atoms with Crippen LogP contribution in [0.15, 0.2) is 51.2 Å². The highest BCUT2D eigenvalue weighted by Gasteiger charge is 2.00. The van der Waals surface area contributed by atoms with Gasteiger partial charge in [-0.1, -0.05) is 30.3 Å². The van der Waals surface area contributed by atoms with E-state index in [0.29, 0.717) is 0 Å². The Morgan fingerprint density at radius 3 is 2.52 bits per heavy atom. The van der Waals surface area contributed by atoms with Gasteiger partial charge in [0.25, 0.3) is 0 Å². The predicted octanol–water partition coefficient (Wildman–Crippen LogP) is 4.04. The average molecular weight is 480 g/mol. The Kier molecular flexibility index (Phi) is 8.94. The molecule has 114 valence electrons. The van der Waals surface area contributed by atoms with Crippen molar-refractivity contribution in [3.63, 3.8) is 0 Å². The smallest absolute Gasteiger partial charge is 0.191 e. The first kappa shape index (κ1) is 18.4. The first-order valence-corrected chi connectivity index (χ1v) is 8.11. The maximum atomic E-state index is 4.23. The molecule has 0 spiro atoms. The molecule has 2 aromatic rings. The fourth-order valence-electron chi connectivity index (χ4n) is 1.81. The Balaban J connectivity index is 0.00000220. The zero-order valence-electron chi connectivity index (χ0n) is 11.8. The minimum Gasteiger partial charge on any atom is -0.356 e. The first-order valence-electron chi connectivity index (χ1n) is 6.50. The number of rotatable bonds is 5. The highest BCUT2D eigenvalue weighted by atomic mass is 127. The van der Waals surface area contributed by atoms with Crippen molar-refractivity contribution in [2.45, 2.75) is 13.0 Å². The van der Waals surface area contributed by atoms with E-state index in [9.17, 15) is 0 Å². The van der Waals surface area contributed by atoms with Gasteiger partial charge >= 0.3 is 0 Å². The van der Waals surface area contributed by atoms with Gasteiger partial charge in [-0.15, -0.1) is 35.3 Å². The zero-order chi connectivity index (χ0) is 14.2. The van der Waals surface area contributed by atoms with E-state index < -0.39 is 0 Å². The van der Waals surface area contributed by atoms with E-state index in [1.165, 1.54) is 10.4 Å². The third kappa shape index (κ3) is 6.80. The first-order chi connectivity index (χ1) is 9.78. The topological polar surface area (TPSA) is 36.4 Å². The number of nitrogens with one attached hydrogen (secondary N) is 2. The van der Waals surface area contributed by atoms with Crippen LogP contribution in [0, 0.1) is 0 Å². The molecule has 6 heteroatoms. The summed E-state index contributed by atoms with van der Waals surface area (Å²) < 4.78 is 1.15. The van der Waals surface area contributed by atoms with Crippen molar-refractivity contribution in [1.82, 2.24) is 10.6 Å². The average Bonchev–Trinajstić information content (AvgIpc) is 2.89.